The lowest BCUT2D eigenvalue weighted by Crippen LogP contribution is -2.08. The quantitative estimate of drug-likeness (QED) is 0.553. The van der Waals surface area contributed by atoms with Crippen LogP contribution < -0.4 is 10.9 Å². The van der Waals surface area contributed by atoms with Gasteiger partial charge in [0.2, 0.25) is 0 Å². The third-order valence-electron chi connectivity index (χ3n) is 3.92. The monoisotopic (exact) mass is 312 g/mol. The molecule has 114 valence electrons. The molecule has 2 heterocycles. The zero-order valence-electron chi connectivity index (χ0n) is 12.6. The van der Waals surface area contributed by atoms with Crippen LogP contribution in [0.25, 0.3) is 21.8 Å². The predicted octanol–water partition coefficient (Wildman–Crippen LogP) is 3.69. The number of H-pyrrole nitrogens is 1. The highest BCUT2D eigenvalue weighted by Gasteiger charge is 2.10. The number of hydrogen-bond donors (Lipinski definition) is 2. The van der Waals surface area contributed by atoms with Gasteiger partial charge < -0.3 is 10.3 Å². The highest BCUT2D eigenvalue weighted by molar-refractivity contribution is 6.10. The SMILES string of the molecule is N#Cc1ccc(Nc2ccnc3[nH]c(=O)c4ccccc4c23)cc1. The molecule has 2 N–H and O–H groups in total. The smallest absolute Gasteiger partial charge is 0.257 e. The van der Waals surface area contributed by atoms with Gasteiger partial charge in [-0.3, -0.25) is 4.79 Å². The van der Waals surface area contributed by atoms with E-state index >= 15 is 0 Å². The summed E-state index contributed by atoms with van der Waals surface area (Å²) in [5, 5.41) is 14.6. The Morgan fingerprint density at radius 1 is 1.00 bits per heavy atom. The summed E-state index contributed by atoms with van der Waals surface area (Å²) >= 11 is 0. The molecule has 24 heavy (non-hydrogen) atoms. The van der Waals surface area contributed by atoms with E-state index in [2.05, 4.69) is 21.4 Å². The van der Waals surface area contributed by atoms with Crippen LogP contribution in [0, 0.1) is 11.3 Å². The van der Waals surface area contributed by atoms with Gasteiger partial charge in [-0.05, 0) is 36.4 Å². The molecule has 0 aliphatic carbocycles. The molecule has 5 heteroatoms. The van der Waals surface area contributed by atoms with E-state index in [0.717, 1.165) is 22.1 Å². The molecule has 0 saturated heterocycles. The van der Waals surface area contributed by atoms with Crippen LogP contribution in [0.1, 0.15) is 5.56 Å². The first kappa shape index (κ1) is 14.0. The minimum atomic E-state index is -0.152. The molecule has 0 bridgehead atoms. The number of pyridine rings is 2. The summed E-state index contributed by atoms with van der Waals surface area (Å²) in [7, 11) is 0. The van der Waals surface area contributed by atoms with Crippen LogP contribution in [0.4, 0.5) is 11.4 Å². The summed E-state index contributed by atoms with van der Waals surface area (Å²) in [4.78, 5) is 19.3. The van der Waals surface area contributed by atoms with E-state index in [0.29, 0.717) is 16.6 Å². The zero-order chi connectivity index (χ0) is 16.5. The fourth-order valence-electron chi connectivity index (χ4n) is 2.79. The Balaban J connectivity index is 1.93. The van der Waals surface area contributed by atoms with Crippen LogP contribution in [0.2, 0.25) is 0 Å². The van der Waals surface area contributed by atoms with Crippen molar-refractivity contribution >= 4 is 33.2 Å². The Labute approximate surface area is 137 Å². The van der Waals surface area contributed by atoms with E-state index in [1.165, 1.54) is 0 Å². The molecule has 0 fully saturated rings. The van der Waals surface area contributed by atoms with Crippen molar-refractivity contribution < 1.29 is 0 Å². The number of nitriles is 1. The first-order valence-electron chi connectivity index (χ1n) is 7.43. The largest absolute Gasteiger partial charge is 0.355 e. The van der Waals surface area contributed by atoms with Gasteiger partial charge in [0.05, 0.1) is 17.3 Å². The first-order valence-corrected chi connectivity index (χ1v) is 7.43. The molecule has 0 amide bonds. The second kappa shape index (κ2) is 5.52. The number of rotatable bonds is 2. The lowest BCUT2D eigenvalue weighted by Gasteiger charge is -2.11. The van der Waals surface area contributed by atoms with Crippen LogP contribution >= 0.6 is 0 Å². The first-order chi connectivity index (χ1) is 11.8. The second-order valence-corrected chi connectivity index (χ2v) is 5.40. The van der Waals surface area contributed by atoms with E-state index in [4.69, 9.17) is 5.26 Å². The number of fused-ring (bicyclic) bond motifs is 3. The van der Waals surface area contributed by atoms with Gasteiger partial charge in [-0.25, -0.2) is 4.98 Å². The van der Waals surface area contributed by atoms with Crippen LogP contribution in [-0.2, 0) is 0 Å². The molecule has 0 spiro atoms. The maximum absolute atomic E-state index is 12.2. The Morgan fingerprint density at radius 2 is 1.75 bits per heavy atom. The molecule has 0 radical (unpaired) electrons. The van der Waals surface area contributed by atoms with Crippen molar-refractivity contribution in [3.05, 3.63) is 76.7 Å². The number of aromatic nitrogens is 2. The number of anilines is 2. The third kappa shape index (κ3) is 2.27. The van der Waals surface area contributed by atoms with Gasteiger partial charge in [0.15, 0.2) is 0 Å². The standard InChI is InChI=1S/C19H12N4O/c20-11-12-5-7-13(8-6-12)22-16-9-10-21-18-17(16)14-3-1-2-4-15(14)19(24)23-18/h1-10H,(H2,21,22,23,24). The average Bonchev–Trinajstić information content (AvgIpc) is 2.62. The van der Waals surface area contributed by atoms with E-state index in [9.17, 15) is 4.79 Å². The predicted molar refractivity (Wildman–Crippen MR) is 94.3 cm³/mol. The van der Waals surface area contributed by atoms with Gasteiger partial charge >= 0.3 is 0 Å². The molecule has 0 aliphatic heterocycles. The summed E-state index contributed by atoms with van der Waals surface area (Å²) in [6.45, 7) is 0. The highest BCUT2D eigenvalue weighted by atomic mass is 16.1. The van der Waals surface area contributed by atoms with Gasteiger partial charge in [-0.2, -0.15) is 5.26 Å². The normalized spacial score (nSPS) is 10.6. The molecule has 5 nitrogen and oxygen atoms in total. The van der Waals surface area contributed by atoms with Crippen LogP contribution in [-0.4, -0.2) is 9.97 Å². The lowest BCUT2D eigenvalue weighted by atomic mass is 10.1. The zero-order valence-corrected chi connectivity index (χ0v) is 12.6. The molecule has 2 aromatic heterocycles. The van der Waals surface area contributed by atoms with Crippen molar-refractivity contribution in [2.24, 2.45) is 0 Å². The van der Waals surface area contributed by atoms with Crippen LogP contribution in [0.3, 0.4) is 0 Å². The molecule has 0 aliphatic rings. The van der Waals surface area contributed by atoms with Gasteiger partial charge in [0, 0.05) is 28.0 Å². The number of nitrogens with one attached hydrogen (secondary N) is 2. The van der Waals surface area contributed by atoms with Crippen molar-refractivity contribution in [3.8, 4) is 6.07 Å². The molecular weight excluding hydrogens is 300 g/mol. The van der Waals surface area contributed by atoms with E-state index in [-0.39, 0.29) is 5.56 Å². The van der Waals surface area contributed by atoms with Crippen LogP contribution in [0.5, 0.6) is 0 Å². The Hall–Kier alpha value is -3.65. The van der Waals surface area contributed by atoms with Gasteiger partial charge in [0.1, 0.15) is 5.65 Å². The minimum Gasteiger partial charge on any atom is -0.355 e. The summed E-state index contributed by atoms with van der Waals surface area (Å²) in [6, 6.07) is 18.6. The van der Waals surface area contributed by atoms with Crippen molar-refractivity contribution in [1.82, 2.24) is 9.97 Å². The van der Waals surface area contributed by atoms with Crippen molar-refractivity contribution in [3.63, 3.8) is 0 Å². The van der Waals surface area contributed by atoms with E-state index in [1.807, 2.05) is 36.4 Å². The van der Waals surface area contributed by atoms with Crippen molar-refractivity contribution in [2.45, 2.75) is 0 Å². The molecule has 0 atom stereocenters. The average molecular weight is 312 g/mol. The maximum atomic E-state index is 12.2. The second-order valence-electron chi connectivity index (χ2n) is 5.40. The number of hydrogen-bond acceptors (Lipinski definition) is 4. The van der Waals surface area contributed by atoms with E-state index in [1.54, 1.807) is 24.4 Å². The summed E-state index contributed by atoms with van der Waals surface area (Å²) < 4.78 is 0. The highest BCUT2D eigenvalue weighted by Crippen LogP contribution is 2.29. The Kier molecular flexibility index (Phi) is 3.22. The van der Waals surface area contributed by atoms with Crippen molar-refractivity contribution in [2.75, 3.05) is 5.32 Å². The summed E-state index contributed by atoms with van der Waals surface area (Å²) in [5.41, 5.74) is 2.70. The van der Waals surface area contributed by atoms with Gasteiger partial charge in [-0.15, -0.1) is 0 Å². The Morgan fingerprint density at radius 3 is 2.50 bits per heavy atom. The molecule has 0 unspecified atom stereocenters. The van der Waals surface area contributed by atoms with Gasteiger partial charge in [0.25, 0.3) is 5.56 Å². The number of aromatic amines is 1. The fourth-order valence-corrected chi connectivity index (χ4v) is 2.79. The van der Waals surface area contributed by atoms with Crippen LogP contribution in [0.15, 0.2) is 65.6 Å². The number of benzene rings is 2. The summed E-state index contributed by atoms with van der Waals surface area (Å²) in [5.74, 6) is 0. The molecular formula is C19H12N4O. The third-order valence-corrected chi connectivity index (χ3v) is 3.92. The Bertz CT molecular complexity index is 1150. The van der Waals surface area contributed by atoms with Gasteiger partial charge in [-0.1, -0.05) is 18.2 Å². The maximum Gasteiger partial charge on any atom is 0.257 e. The lowest BCUT2D eigenvalue weighted by molar-refractivity contribution is 1.25. The molecule has 0 saturated carbocycles. The van der Waals surface area contributed by atoms with Crippen molar-refractivity contribution in [1.29, 1.82) is 5.26 Å². The van der Waals surface area contributed by atoms with E-state index < -0.39 is 0 Å². The fraction of sp³-hybridized carbons (Fsp3) is 0. The molecule has 4 aromatic rings. The summed E-state index contributed by atoms with van der Waals surface area (Å²) in [6.07, 6.45) is 1.65. The topological polar surface area (TPSA) is 81.6 Å². The molecule has 2 aromatic carbocycles. The minimum absolute atomic E-state index is 0.152. The molecule has 4 rings (SSSR count). The number of nitrogens with zero attached hydrogens (tertiary/aromatic N) is 2.